The third-order valence-corrected chi connectivity index (χ3v) is 8.78. The topological polar surface area (TPSA) is 58.4 Å². The van der Waals surface area contributed by atoms with Gasteiger partial charge >= 0.3 is 0 Å². The Balaban J connectivity index is 1.55. The summed E-state index contributed by atoms with van der Waals surface area (Å²) in [6.07, 6.45) is 8.19. The predicted octanol–water partition coefficient (Wildman–Crippen LogP) is 2.14. The maximum atomic E-state index is 13.3. The molecule has 0 aliphatic carbocycles. The third-order valence-electron chi connectivity index (χ3n) is 6.55. The molecular weight excluding hydrogens is 336 g/mol. The smallest absolute Gasteiger partial charge is 0.260 e. The van der Waals surface area contributed by atoms with Crippen LogP contribution >= 0.6 is 0 Å². The number of hydrogen-bond donors (Lipinski definition) is 0. The summed E-state index contributed by atoms with van der Waals surface area (Å²) < 4.78 is 30.0. The molecule has 25 heavy (non-hydrogen) atoms. The van der Waals surface area contributed by atoms with Crippen LogP contribution in [0, 0.1) is 12.8 Å². The first kappa shape index (κ1) is 17.5. The molecule has 1 aromatic rings. The van der Waals surface area contributed by atoms with Gasteiger partial charge in [0.25, 0.3) is 10.0 Å². The summed E-state index contributed by atoms with van der Waals surface area (Å²) in [5.41, 5.74) is 0.744. The highest BCUT2D eigenvalue weighted by atomic mass is 32.2. The van der Waals surface area contributed by atoms with Crippen LogP contribution < -0.4 is 0 Å². The Morgan fingerprint density at radius 2 is 1.64 bits per heavy atom. The molecule has 1 unspecified atom stereocenters. The first-order valence-corrected chi connectivity index (χ1v) is 11.1. The van der Waals surface area contributed by atoms with Crippen molar-refractivity contribution in [2.45, 2.75) is 75.5 Å². The zero-order chi connectivity index (χ0) is 17.8. The van der Waals surface area contributed by atoms with Crippen molar-refractivity contribution in [1.29, 1.82) is 0 Å². The second-order valence-electron chi connectivity index (χ2n) is 8.32. The predicted molar refractivity (Wildman–Crippen MR) is 96.8 cm³/mol. The quantitative estimate of drug-likeness (QED) is 0.822. The minimum absolute atomic E-state index is 0.155. The summed E-state index contributed by atoms with van der Waals surface area (Å²) in [5, 5.41) is 4.52. The zero-order valence-electron chi connectivity index (χ0n) is 15.6. The van der Waals surface area contributed by atoms with E-state index in [1.165, 1.54) is 30.6 Å². The molecule has 3 aliphatic heterocycles. The monoisotopic (exact) mass is 366 g/mol. The highest BCUT2D eigenvalue weighted by molar-refractivity contribution is 7.89. The summed E-state index contributed by atoms with van der Waals surface area (Å²) >= 11 is 0. The van der Waals surface area contributed by atoms with E-state index in [2.05, 4.69) is 16.9 Å². The van der Waals surface area contributed by atoms with Gasteiger partial charge in [0.15, 0.2) is 5.03 Å². The third kappa shape index (κ3) is 2.94. The van der Waals surface area contributed by atoms with Crippen LogP contribution in [0.2, 0.25) is 0 Å². The molecule has 4 rings (SSSR count). The molecule has 6 nitrogen and oxygen atoms in total. The van der Waals surface area contributed by atoms with Crippen molar-refractivity contribution >= 4 is 10.0 Å². The van der Waals surface area contributed by atoms with Gasteiger partial charge in [0.05, 0.1) is 6.20 Å². The van der Waals surface area contributed by atoms with E-state index >= 15 is 0 Å². The van der Waals surface area contributed by atoms with E-state index in [4.69, 9.17) is 0 Å². The Bertz CT molecular complexity index is 703. The van der Waals surface area contributed by atoms with Gasteiger partial charge in [-0.2, -0.15) is 9.40 Å². The van der Waals surface area contributed by atoms with E-state index < -0.39 is 10.0 Å². The molecule has 1 aromatic heterocycles. The van der Waals surface area contributed by atoms with Crippen LogP contribution in [0.1, 0.15) is 51.0 Å². The van der Waals surface area contributed by atoms with Crippen LogP contribution in [0.25, 0.3) is 0 Å². The van der Waals surface area contributed by atoms with Crippen LogP contribution in [-0.2, 0) is 17.1 Å². The molecule has 0 amide bonds. The number of aryl methyl sites for hydroxylation is 2. The van der Waals surface area contributed by atoms with Crippen molar-refractivity contribution in [1.82, 2.24) is 19.0 Å². The molecule has 0 N–H and O–H groups in total. The van der Waals surface area contributed by atoms with Gasteiger partial charge in [-0.05, 0) is 64.5 Å². The van der Waals surface area contributed by atoms with Gasteiger partial charge in [0, 0.05) is 30.7 Å². The van der Waals surface area contributed by atoms with Crippen molar-refractivity contribution in [3.05, 3.63) is 11.8 Å². The first-order valence-electron chi connectivity index (χ1n) is 9.64. The van der Waals surface area contributed by atoms with Gasteiger partial charge in [-0.15, -0.1) is 0 Å². The average molecular weight is 367 g/mol. The molecule has 7 heteroatoms. The molecule has 3 fully saturated rings. The maximum Gasteiger partial charge on any atom is 0.260 e. The van der Waals surface area contributed by atoms with E-state index in [-0.39, 0.29) is 12.1 Å². The molecule has 4 heterocycles. The van der Waals surface area contributed by atoms with Crippen LogP contribution in [-0.4, -0.2) is 58.6 Å². The number of rotatable bonds is 3. The highest BCUT2D eigenvalue weighted by Crippen LogP contribution is 2.42. The van der Waals surface area contributed by atoms with E-state index in [0.717, 1.165) is 37.2 Å². The summed E-state index contributed by atoms with van der Waals surface area (Å²) in [4.78, 5) is 2.63. The second-order valence-corrected chi connectivity index (χ2v) is 10.1. The number of sulfonamides is 1. The molecule has 0 radical (unpaired) electrons. The summed E-state index contributed by atoms with van der Waals surface area (Å²) in [7, 11) is -1.74. The van der Waals surface area contributed by atoms with Crippen LogP contribution in [0.5, 0.6) is 0 Å². The number of piperidine rings is 2. The number of fused-ring (bicyclic) bond motifs is 2. The largest absolute Gasteiger partial charge is 0.300 e. The van der Waals surface area contributed by atoms with E-state index in [1.54, 1.807) is 13.2 Å². The van der Waals surface area contributed by atoms with Crippen molar-refractivity contribution in [3.8, 4) is 0 Å². The number of nitrogens with zero attached hydrogens (tertiary/aromatic N) is 4. The zero-order valence-corrected chi connectivity index (χ0v) is 16.4. The van der Waals surface area contributed by atoms with Crippen LogP contribution in [0.4, 0.5) is 0 Å². The lowest BCUT2D eigenvalue weighted by Gasteiger charge is -2.44. The summed E-state index contributed by atoms with van der Waals surface area (Å²) in [6.45, 7) is 6.54. The van der Waals surface area contributed by atoms with Crippen molar-refractivity contribution in [3.63, 3.8) is 0 Å². The summed E-state index contributed by atoms with van der Waals surface area (Å²) in [5.74, 6) is 0.834. The van der Waals surface area contributed by atoms with Gasteiger partial charge in [0.2, 0.25) is 0 Å². The molecule has 0 spiro atoms. The molecule has 2 bridgehead atoms. The number of hydrogen-bond acceptors (Lipinski definition) is 4. The van der Waals surface area contributed by atoms with Crippen molar-refractivity contribution < 1.29 is 8.42 Å². The van der Waals surface area contributed by atoms with Crippen LogP contribution in [0.15, 0.2) is 11.2 Å². The standard InChI is InChI=1S/C18H30N4O2S/c1-13-6-8-21(9-7-13)17-10-15-4-5-16(11-17)22(15)25(23,24)18-14(2)12-19-20(18)3/h12-13,15-17H,4-11H2,1-3H3/t15-,16+,17?. The second kappa shape index (κ2) is 6.35. The SMILES string of the molecule is Cc1cnn(C)c1S(=O)(=O)N1[C@@H]2CC[C@H]1CC(N1CCC(C)CC1)C2. The Labute approximate surface area is 151 Å². The summed E-state index contributed by atoms with van der Waals surface area (Å²) in [6, 6.07) is 0.869. The Morgan fingerprint density at radius 3 is 2.16 bits per heavy atom. The fourth-order valence-electron chi connectivity index (χ4n) is 5.20. The lowest BCUT2D eigenvalue weighted by atomic mass is 9.93. The first-order chi connectivity index (χ1) is 11.9. The van der Waals surface area contributed by atoms with Crippen molar-refractivity contribution in [2.24, 2.45) is 13.0 Å². The average Bonchev–Trinajstić information content (AvgIpc) is 3.05. The number of aromatic nitrogens is 2. The van der Waals surface area contributed by atoms with Gasteiger partial charge in [0.1, 0.15) is 0 Å². The molecule has 3 saturated heterocycles. The fraction of sp³-hybridized carbons (Fsp3) is 0.833. The normalized spacial score (nSPS) is 32.4. The number of likely N-dealkylation sites (tertiary alicyclic amines) is 1. The minimum Gasteiger partial charge on any atom is -0.300 e. The van der Waals surface area contributed by atoms with E-state index in [1.807, 2.05) is 11.2 Å². The van der Waals surface area contributed by atoms with Gasteiger partial charge < -0.3 is 4.90 Å². The lowest BCUT2D eigenvalue weighted by molar-refractivity contribution is 0.0757. The Hall–Kier alpha value is -0.920. The molecule has 3 atom stereocenters. The molecule has 140 valence electrons. The van der Waals surface area contributed by atoms with Crippen molar-refractivity contribution in [2.75, 3.05) is 13.1 Å². The highest BCUT2D eigenvalue weighted by Gasteiger charge is 2.49. The minimum atomic E-state index is -3.46. The Morgan fingerprint density at radius 1 is 1.04 bits per heavy atom. The molecule has 3 aliphatic rings. The van der Waals surface area contributed by atoms with Crippen LogP contribution in [0.3, 0.4) is 0 Å². The van der Waals surface area contributed by atoms with Gasteiger partial charge in [-0.25, -0.2) is 8.42 Å². The maximum absolute atomic E-state index is 13.3. The van der Waals surface area contributed by atoms with E-state index in [0.29, 0.717) is 11.1 Å². The molecule has 0 saturated carbocycles. The lowest BCUT2D eigenvalue weighted by Crippen LogP contribution is -2.53. The van der Waals surface area contributed by atoms with E-state index in [9.17, 15) is 8.42 Å². The fourth-order valence-corrected chi connectivity index (χ4v) is 7.40. The Kier molecular flexibility index (Phi) is 4.45. The molecular formula is C18H30N4O2S. The molecule has 0 aromatic carbocycles. The van der Waals surface area contributed by atoms with Gasteiger partial charge in [-0.3, -0.25) is 4.68 Å². The van der Waals surface area contributed by atoms with Gasteiger partial charge in [-0.1, -0.05) is 6.92 Å².